The van der Waals surface area contributed by atoms with Gasteiger partial charge in [-0.15, -0.1) is 0 Å². The molecule has 1 saturated carbocycles. The van der Waals surface area contributed by atoms with Crippen LogP contribution in [0.15, 0.2) is 46.3 Å². The predicted octanol–water partition coefficient (Wildman–Crippen LogP) is 3.39. The lowest BCUT2D eigenvalue weighted by Gasteiger charge is -2.34. The van der Waals surface area contributed by atoms with Crippen molar-refractivity contribution in [2.24, 2.45) is 16.6 Å². The van der Waals surface area contributed by atoms with E-state index in [9.17, 15) is 9.65 Å². The maximum absolute atomic E-state index is 14.4. The van der Waals surface area contributed by atoms with Crippen LogP contribution in [0.3, 0.4) is 0 Å². The second-order valence-electron chi connectivity index (χ2n) is 7.19. The summed E-state index contributed by atoms with van der Waals surface area (Å²) in [6.45, 7) is 1.58. The summed E-state index contributed by atoms with van der Waals surface area (Å²) >= 11 is 6.48. The topological polar surface area (TPSA) is 83.9 Å². The molecule has 0 amide bonds. The average molecular weight is 403 g/mol. The number of ether oxygens (including phenoxy) is 2. The average Bonchev–Trinajstić information content (AvgIpc) is 3.48. The molecule has 2 aliphatic heterocycles. The van der Waals surface area contributed by atoms with Crippen LogP contribution < -0.4 is 10.6 Å². The van der Waals surface area contributed by atoms with E-state index < -0.39 is 12.2 Å². The van der Waals surface area contributed by atoms with Crippen molar-refractivity contribution < 1.29 is 13.9 Å². The Labute approximate surface area is 167 Å². The standard InChI is InChI=1S/C20H20ClFN4O2/c1-11-17(27-2)5-12(8-23)9-26(11)13-3-4-16(21)14(6-13)20(10-22)15-7-18(15)28-19(24)25-20/h3-6,15,18H,7,9-10H2,1-2H3,(H2,24,25)/t15-,18+,20+/m0/s1. The van der Waals surface area contributed by atoms with Gasteiger partial charge in [0.25, 0.3) is 6.02 Å². The van der Waals surface area contributed by atoms with Gasteiger partial charge in [-0.1, -0.05) is 11.6 Å². The zero-order valence-corrected chi connectivity index (χ0v) is 16.3. The number of amidine groups is 1. The van der Waals surface area contributed by atoms with E-state index in [-0.39, 0.29) is 18.0 Å². The second kappa shape index (κ2) is 6.71. The number of nitrogens with zero attached hydrogens (tertiary/aromatic N) is 3. The molecule has 3 atom stereocenters. The molecule has 1 aliphatic carbocycles. The van der Waals surface area contributed by atoms with E-state index in [2.05, 4.69) is 11.1 Å². The molecule has 8 heteroatoms. The van der Waals surface area contributed by atoms with Crippen molar-refractivity contribution in [3.8, 4) is 6.07 Å². The van der Waals surface area contributed by atoms with Gasteiger partial charge in [0.15, 0.2) is 0 Å². The monoisotopic (exact) mass is 402 g/mol. The Kier molecular flexibility index (Phi) is 4.47. The number of hydrogen-bond donors (Lipinski definition) is 1. The quantitative estimate of drug-likeness (QED) is 0.834. The maximum atomic E-state index is 14.4. The highest BCUT2D eigenvalue weighted by Crippen LogP contribution is 2.54. The van der Waals surface area contributed by atoms with Crippen LogP contribution in [0.4, 0.5) is 10.1 Å². The third-order valence-corrected chi connectivity index (χ3v) is 5.95. The highest BCUT2D eigenvalue weighted by Gasteiger charge is 2.59. The van der Waals surface area contributed by atoms with E-state index in [1.54, 1.807) is 19.3 Å². The van der Waals surface area contributed by atoms with Crippen molar-refractivity contribution in [1.82, 2.24) is 0 Å². The Morgan fingerprint density at radius 2 is 2.32 bits per heavy atom. The van der Waals surface area contributed by atoms with Gasteiger partial charge in [-0.3, -0.25) is 0 Å². The number of aliphatic imine (C=N–C) groups is 1. The first-order chi connectivity index (χ1) is 13.4. The van der Waals surface area contributed by atoms with E-state index in [1.807, 2.05) is 24.0 Å². The van der Waals surface area contributed by atoms with Crippen molar-refractivity contribution in [2.45, 2.75) is 25.0 Å². The second-order valence-corrected chi connectivity index (χ2v) is 7.60. The van der Waals surface area contributed by atoms with Crippen LogP contribution in [0, 0.1) is 17.2 Å². The number of alkyl halides is 1. The third kappa shape index (κ3) is 2.80. The fourth-order valence-electron chi connectivity index (χ4n) is 4.03. The molecule has 3 aliphatic rings. The van der Waals surface area contributed by atoms with Gasteiger partial charge in [-0.05, 0) is 37.6 Å². The minimum Gasteiger partial charge on any atom is -0.495 e. The normalized spacial score (nSPS) is 28.6. The Balaban J connectivity index is 1.81. The molecule has 0 aromatic heterocycles. The summed E-state index contributed by atoms with van der Waals surface area (Å²) in [6.07, 6.45) is 2.29. The number of fused-ring (bicyclic) bond motifs is 1. The first-order valence-electron chi connectivity index (χ1n) is 8.94. The lowest BCUT2D eigenvalue weighted by atomic mass is 9.85. The first-order valence-corrected chi connectivity index (χ1v) is 9.32. The number of rotatable bonds is 4. The summed E-state index contributed by atoms with van der Waals surface area (Å²) in [7, 11) is 1.56. The molecule has 1 fully saturated rings. The fourth-order valence-corrected chi connectivity index (χ4v) is 4.31. The molecule has 0 spiro atoms. The van der Waals surface area contributed by atoms with Crippen LogP contribution in [0.2, 0.25) is 5.02 Å². The minimum atomic E-state index is -1.15. The van der Waals surface area contributed by atoms with E-state index in [1.165, 1.54) is 0 Å². The van der Waals surface area contributed by atoms with Crippen LogP contribution >= 0.6 is 11.6 Å². The number of methoxy groups -OCH3 is 1. The highest BCUT2D eigenvalue weighted by atomic mass is 35.5. The lowest BCUT2D eigenvalue weighted by molar-refractivity contribution is 0.171. The van der Waals surface area contributed by atoms with E-state index in [4.69, 9.17) is 26.8 Å². The van der Waals surface area contributed by atoms with Gasteiger partial charge in [-0.25, -0.2) is 9.38 Å². The molecule has 2 heterocycles. The third-order valence-electron chi connectivity index (χ3n) is 5.62. The summed E-state index contributed by atoms with van der Waals surface area (Å²) < 4.78 is 25.2. The molecule has 146 valence electrons. The number of nitriles is 1. The van der Waals surface area contributed by atoms with Gasteiger partial charge >= 0.3 is 0 Å². The largest absolute Gasteiger partial charge is 0.495 e. The molecular formula is C20H20ClFN4O2. The van der Waals surface area contributed by atoms with Gasteiger partial charge < -0.3 is 20.1 Å². The molecule has 1 aromatic rings. The number of nitrogens with two attached hydrogens (primary N) is 1. The van der Waals surface area contributed by atoms with Crippen molar-refractivity contribution >= 4 is 23.3 Å². The number of halogens is 2. The molecule has 0 unspecified atom stereocenters. The SMILES string of the molecule is COC1=C(C)N(c2ccc(Cl)c([C@@]3(CF)N=C(N)O[C@@H]4C[C@@H]43)c2)CC(C#N)=C1. The van der Waals surface area contributed by atoms with E-state index >= 15 is 0 Å². The summed E-state index contributed by atoms with van der Waals surface area (Å²) in [5.41, 5.74) is 7.43. The van der Waals surface area contributed by atoms with Crippen LogP contribution in [0.1, 0.15) is 18.9 Å². The Bertz CT molecular complexity index is 967. The highest BCUT2D eigenvalue weighted by molar-refractivity contribution is 6.31. The first kappa shape index (κ1) is 18.6. The summed E-state index contributed by atoms with van der Waals surface area (Å²) in [6, 6.07) is 7.57. The zero-order chi connectivity index (χ0) is 20.1. The van der Waals surface area contributed by atoms with Crippen LogP contribution in [-0.4, -0.2) is 32.5 Å². The number of hydrogen-bond acceptors (Lipinski definition) is 6. The molecule has 6 nitrogen and oxygen atoms in total. The number of benzene rings is 1. The van der Waals surface area contributed by atoms with Gasteiger partial charge in [0.1, 0.15) is 24.1 Å². The smallest absolute Gasteiger partial charge is 0.283 e. The molecule has 1 aromatic carbocycles. The molecule has 0 radical (unpaired) electrons. The molecule has 4 rings (SSSR count). The molecule has 2 N–H and O–H groups in total. The number of allylic oxidation sites excluding steroid dienone is 2. The van der Waals surface area contributed by atoms with Crippen molar-refractivity contribution in [3.05, 3.63) is 51.9 Å². The van der Waals surface area contributed by atoms with Gasteiger partial charge in [0.05, 0.1) is 31.0 Å². The fraction of sp³-hybridized carbons (Fsp3) is 0.400. The van der Waals surface area contributed by atoms with Gasteiger partial charge in [-0.2, -0.15) is 5.26 Å². The van der Waals surface area contributed by atoms with Gasteiger partial charge in [0.2, 0.25) is 0 Å². The summed E-state index contributed by atoms with van der Waals surface area (Å²) in [5, 5.41) is 9.79. The Morgan fingerprint density at radius 3 is 3.00 bits per heavy atom. The van der Waals surface area contributed by atoms with Crippen LogP contribution in [-0.2, 0) is 15.0 Å². The van der Waals surface area contributed by atoms with E-state index in [0.717, 1.165) is 11.4 Å². The minimum absolute atomic E-state index is 0.0108. The predicted molar refractivity (Wildman–Crippen MR) is 104 cm³/mol. The Hall–Kier alpha value is -2.72. The van der Waals surface area contributed by atoms with Crippen molar-refractivity contribution in [1.29, 1.82) is 5.26 Å². The molecule has 0 bridgehead atoms. The molecule has 0 saturated heterocycles. The molecular weight excluding hydrogens is 383 g/mol. The van der Waals surface area contributed by atoms with Crippen molar-refractivity contribution in [3.63, 3.8) is 0 Å². The van der Waals surface area contributed by atoms with Gasteiger partial charge in [0, 0.05) is 22.2 Å². The summed E-state index contributed by atoms with van der Waals surface area (Å²) in [4.78, 5) is 6.29. The van der Waals surface area contributed by atoms with Crippen LogP contribution in [0.25, 0.3) is 0 Å². The maximum Gasteiger partial charge on any atom is 0.283 e. The van der Waals surface area contributed by atoms with Crippen LogP contribution in [0.5, 0.6) is 0 Å². The lowest BCUT2D eigenvalue weighted by Crippen LogP contribution is -2.39. The summed E-state index contributed by atoms with van der Waals surface area (Å²) in [5.74, 6) is 0.509. The number of anilines is 1. The van der Waals surface area contributed by atoms with E-state index in [0.29, 0.717) is 34.9 Å². The molecule has 28 heavy (non-hydrogen) atoms. The zero-order valence-electron chi connectivity index (χ0n) is 15.6. The Morgan fingerprint density at radius 1 is 1.54 bits per heavy atom. The van der Waals surface area contributed by atoms with Crippen molar-refractivity contribution in [2.75, 3.05) is 25.2 Å².